The molecule has 1 rings (SSSR count). The van der Waals surface area contributed by atoms with Gasteiger partial charge in [-0.2, -0.15) is 0 Å². The average molecular weight is 211 g/mol. The zero-order valence-corrected chi connectivity index (χ0v) is 10.7. The van der Waals surface area contributed by atoms with Crippen molar-refractivity contribution < 1.29 is 9.90 Å². The number of hydrogen-bond donors (Lipinski definition) is 1. The number of hydrogen-bond acceptors (Lipinski definition) is 2. The van der Waals surface area contributed by atoms with Crippen molar-refractivity contribution in [2.24, 2.45) is 0 Å². The van der Waals surface area contributed by atoms with Gasteiger partial charge in [0.1, 0.15) is 10.8 Å². The first-order chi connectivity index (χ1) is 5.09. The minimum Gasteiger partial charge on any atom is -0.477 e. The van der Waals surface area contributed by atoms with E-state index in [0.717, 1.165) is 5.56 Å². The van der Waals surface area contributed by atoms with Gasteiger partial charge in [0, 0.05) is 51.4 Å². The Morgan fingerprint density at radius 3 is 2.58 bits per heavy atom. The molecule has 0 saturated carbocycles. The summed E-state index contributed by atoms with van der Waals surface area (Å²) in [7, 11) is 0. The molecule has 0 atom stereocenters. The Bertz CT molecular complexity index is 283. The number of carbonyl (C=O) groups is 1. The summed E-state index contributed by atoms with van der Waals surface area (Å²) in [6, 6.07) is 3.07. The van der Waals surface area contributed by atoms with Crippen molar-refractivity contribution in [2.75, 3.05) is 0 Å². The summed E-state index contributed by atoms with van der Waals surface area (Å²) in [5.41, 5.74) is 0.775. The molecular weight excluding hydrogens is 205 g/mol. The molecule has 0 fully saturated rings. The molecule has 0 aliphatic heterocycles. The monoisotopic (exact) mass is 210 g/mol. The summed E-state index contributed by atoms with van der Waals surface area (Å²) < 4.78 is 0. The predicted octanol–water partition coefficient (Wildman–Crippen LogP) is 1.36. The summed E-state index contributed by atoms with van der Waals surface area (Å²) in [6.07, 6.45) is 0. The maximum absolute atomic E-state index is 10.4. The van der Waals surface area contributed by atoms with E-state index < -0.39 is 5.97 Å². The van der Waals surface area contributed by atoms with Gasteiger partial charge in [0.05, 0.1) is 0 Å². The Balaban J connectivity index is 0.00000121. The Kier molecular flexibility index (Phi) is 5.56. The van der Waals surface area contributed by atoms with Crippen molar-refractivity contribution in [3.8, 4) is 0 Å². The molecule has 0 unspecified atom stereocenters. The second kappa shape index (κ2) is 5.31. The maximum Gasteiger partial charge on any atom is 0.354 e. The van der Waals surface area contributed by atoms with Gasteiger partial charge in [-0.05, 0) is 24.6 Å². The number of aromatic carboxylic acids is 1. The van der Waals surface area contributed by atoms with E-state index in [4.69, 9.17) is 16.7 Å². The van der Waals surface area contributed by atoms with Crippen LogP contribution in [0.4, 0.5) is 0 Å². The molecule has 0 amide bonds. The summed E-state index contributed by atoms with van der Waals surface area (Å²) in [5, 5.41) is 8.72. The molecule has 1 heterocycles. The second-order valence-corrected chi connectivity index (χ2v) is 2.54. The molecular formula is C7H6ClKNO2. The minimum atomic E-state index is -1.06. The fourth-order valence-electron chi connectivity index (χ4n) is 0.734. The fourth-order valence-corrected chi connectivity index (χ4v) is 0.998. The number of carboxylic acids is 1. The quantitative estimate of drug-likeness (QED) is 0.563. The van der Waals surface area contributed by atoms with E-state index in [9.17, 15) is 4.79 Å². The Hall–Kier alpha value is 0.546. The van der Waals surface area contributed by atoms with Crippen molar-refractivity contribution >= 4 is 69.0 Å². The minimum absolute atomic E-state index is 0. The van der Waals surface area contributed by atoms with Crippen LogP contribution in [-0.4, -0.2) is 67.4 Å². The molecule has 0 saturated heterocycles. The molecule has 0 aliphatic carbocycles. The van der Waals surface area contributed by atoms with Gasteiger partial charge in [-0.3, -0.25) is 0 Å². The van der Waals surface area contributed by atoms with E-state index in [-0.39, 0.29) is 62.2 Å². The summed E-state index contributed by atoms with van der Waals surface area (Å²) in [4.78, 5) is 14.0. The molecule has 59 valence electrons. The van der Waals surface area contributed by atoms with E-state index in [2.05, 4.69) is 4.98 Å². The van der Waals surface area contributed by atoms with Gasteiger partial charge >= 0.3 is 5.97 Å². The smallest absolute Gasteiger partial charge is 0.354 e. The van der Waals surface area contributed by atoms with Gasteiger partial charge in [-0.15, -0.1) is 0 Å². The molecule has 3 nitrogen and oxygen atoms in total. The van der Waals surface area contributed by atoms with Crippen LogP contribution < -0.4 is 0 Å². The van der Waals surface area contributed by atoms with Gasteiger partial charge < -0.3 is 5.11 Å². The number of carboxylic acid groups (broad SMARTS) is 1. The molecule has 1 aromatic rings. The zero-order chi connectivity index (χ0) is 8.43. The van der Waals surface area contributed by atoms with Crippen LogP contribution in [0, 0.1) is 6.92 Å². The standard InChI is InChI=1S/C7H6ClNO2.K/c1-4-2-5(7(10)11)9-6(8)3-4;/h2-3H,1H3,(H,10,11);. The topological polar surface area (TPSA) is 50.2 Å². The molecule has 0 aliphatic rings. The van der Waals surface area contributed by atoms with Crippen LogP contribution in [0.3, 0.4) is 0 Å². The number of aryl methyl sites for hydroxylation is 1. The van der Waals surface area contributed by atoms with Gasteiger partial charge in [-0.1, -0.05) is 11.6 Å². The average Bonchev–Trinajstić information content (AvgIpc) is 1.85. The molecule has 1 aromatic heterocycles. The van der Waals surface area contributed by atoms with Crippen LogP contribution in [0.15, 0.2) is 12.1 Å². The fraction of sp³-hybridized carbons (Fsp3) is 0.143. The van der Waals surface area contributed by atoms with Crippen molar-refractivity contribution in [1.29, 1.82) is 0 Å². The number of halogens is 1. The molecule has 0 bridgehead atoms. The summed E-state index contributed by atoms with van der Waals surface area (Å²) in [5.74, 6) is -1.06. The number of aromatic nitrogens is 1. The number of nitrogens with zero attached hydrogens (tertiary/aromatic N) is 1. The summed E-state index contributed by atoms with van der Waals surface area (Å²) >= 11 is 5.52. The third-order valence-electron chi connectivity index (χ3n) is 1.16. The third kappa shape index (κ3) is 3.51. The summed E-state index contributed by atoms with van der Waals surface area (Å²) in [6.45, 7) is 1.76. The van der Waals surface area contributed by atoms with Gasteiger partial charge in [0.15, 0.2) is 0 Å². The van der Waals surface area contributed by atoms with E-state index in [1.54, 1.807) is 13.0 Å². The van der Waals surface area contributed by atoms with Gasteiger partial charge in [-0.25, -0.2) is 9.78 Å². The van der Waals surface area contributed by atoms with Crippen LogP contribution in [0.1, 0.15) is 16.1 Å². The first-order valence-electron chi connectivity index (χ1n) is 2.97. The van der Waals surface area contributed by atoms with Crippen LogP contribution >= 0.6 is 11.6 Å². The first kappa shape index (κ1) is 12.5. The van der Waals surface area contributed by atoms with Crippen molar-refractivity contribution in [3.63, 3.8) is 0 Å². The van der Waals surface area contributed by atoms with Crippen molar-refractivity contribution in [2.45, 2.75) is 6.92 Å². The Morgan fingerprint density at radius 1 is 1.58 bits per heavy atom. The largest absolute Gasteiger partial charge is 0.477 e. The number of rotatable bonds is 1. The van der Waals surface area contributed by atoms with Gasteiger partial charge in [0.2, 0.25) is 0 Å². The number of pyridine rings is 1. The molecule has 5 heteroatoms. The van der Waals surface area contributed by atoms with E-state index in [1.807, 2.05) is 0 Å². The molecule has 0 aromatic carbocycles. The zero-order valence-electron chi connectivity index (χ0n) is 6.84. The SMILES string of the molecule is Cc1cc(Cl)nc(C(=O)O)c1.[K]. The Labute approximate surface area is 118 Å². The van der Waals surface area contributed by atoms with E-state index in [1.165, 1.54) is 6.07 Å². The third-order valence-corrected chi connectivity index (χ3v) is 1.35. The molecule has 12 heavy (non-hydrogen) atoms. The van der Waals surface area contributed by atoms with Crippen molar-refractivity contribution in [3.05, 3.63) is 28.5 Å². The maximum atomic E-state index is 10.4. The van der Waals surface area contributed by atoms with Gasteiger partial charge in [0.25, 0.3) is 0 Å². The van der Waals surface area contributed by atoms with Crippen molar-refractivity contribution in [1.82, 2.24) is 4.98 Å². The second-order valence-electron chi connectivity index (χ2n) is 2.16. The van der Waals surface area contributed by atoms with Crippen LogP contribution in [0.2, 0.25) is 5.15 Å². The van der Waals surface area contributed by atoms with E-state index >= 15 is 0 Å². The van der Waals surface area contributed by atoms with Crippen LogP contribution in [0.25, 0.3) is 0 Å². The molecule has 1 N–H and O–H groups in total. The van der Waals surface area contributed by atoms with Crippen LogP contribution in [0.5, 0.6) is 0 Å². The molecule has 1 radical (unpaired) electrons. The Morgan fingerprint density at radius 2 is 2.17 bits per heavy atom. The predicted molar refractivity (Wildman–Crippen MR) is 46.7 cm³/mol. The molecule has 0 spiro atoms. The van der Waals surface area contributed by atoms with E-state index in [0.29, 0.717) is 0 Å². The first-order valence-corrected chi connectivity index (χ1v) is 3.35. The normalized spacial score (nSPS) is 8.83. The van der Waals surface area contributed by atoms with Crippen LogP contribution in [-0.2, 0) is 0 Å².